The van der Waals surface area contributed by atoms with E-state index in [2.05, 4.69) is 9.89 Å². The molecule has 0 bridgehead atoms. The smallest absolute Gasteiger partial charge is 0.377 e. The molecule has 1 aromatic heterocycles. The summed E-state index contributed by atoms with van der Waals surface area (Å²) < 4.78 is 19.7. The van der Waals surface area contributed by atoms with Crippen molar-refractivity contribution in [3.8, 4) is 11.6 Å². The molecule has 0 spiro atoms. The molecule has 0 unspecified atom stereocenters. The van der Waals surface area contributed by atoms with Gasteiger partial charge in [-0.05, 0) is 22.9 Å². The van der Waals surface area contributed by atoms with E-state index in [0.29, 0.717) is 6.61 Å². The topological polar surface area (TPSA) is 70.8 Å². The summed E-state index contributed by atoms with van der Waals surface area (Å²) >= 11 is 0. The van der Waals surface area contributed by atoms with Crippen molar-refractivity contribution in [3.05, 3.63) is 41.7 Å². The van der Waals surface area contributed by atoms with Crippen LogP contribution in [0.25, 0.3) is 0 Å². The fourth-order valence-corrected chi connectivity index (χ4v) is 1.40. The predicted molar refractivity (Wildman–Crippen MR) is 65.2 cm³/mol. The average molecular weight is 263 g/mol. The molecular weight excluding hydrogens is 250 g/mol. The lowest BCUT2D eigenvalue weighted by atomic mass is 10.2. The van der Waals surface area contributed by atoms with Crippen LogP contribution >= 0.6 is 0 Å². The van der Waals surface area contributed by atoms with Crippen molar-refractivity contribution in [1.29, 1.82) is 0 Å². The minimum atomic E-state index is -0.591. The Labute approximate surface area is 109 Å². The summed E-state index contributed by atoms with van der Waals surface area (Å²) in [4.78, 5) is 11.1. The number of ether oxygens (including phenoxy) is 3. The van der Waals surface area contributed by atoms with Gasteiger partial charge in [0.25, 0.3) is 5.88 Å². The van der Waals surface area contributed by atoms with Crippen molar-refractivity contribution in [2.24, 2.45) is 0 Å². The molecule has 0 aliphatic heterocycles. The van der Waals surface area contributed by atoms with Crippen molar-refractivity contribution >= 4 is 5.97 Å². The third-order valence-electron chi connectivity index (χ3n) is 2.42. The van der Waals surface area contributed by atoms with Gasteiger partial charge in [0.05, 0.1) is 20.3 Å². The molecule has 19 heavy (non-hydrogen) atoms. The monoisotopic (exact) mass is 263 g/mol. The van der Waals surface area contributed by atoms with Gasteiger partial charge in [0.2, 0.25) is 5.76 Å². The number of carbonyl (C=O) groups excluding carboxylic acids is 1. The van der Waals surface area contributed by atoms with Gasteiger partial charge in [-0.15, -0.1) is 0 Å². The van der Waals surface area contributed by atoms with Crippen LogP contribution in [0.15, 0.2) is 34.9 Å². The van der Waals surface area contributed by atoms with Gasteiger partial charge in [0, 0.05) is 0 Å². The summed E-state index contributed by atoms with van der Waals surface area (Å²) in [5.74, 6) is 0.424. The van der Waals surface area contributed by atoms with Crippen LogP contribution in [0.1, 0.15) is 16.1 Å². The molecule has 0 amide bonds. The molecule has 0 atom stereocenters. The number of hydrogen-bond donors (Lipinski definition) is 0. The molecule has 0 saturated heterocycles. The van der Waals surface area contributed by atoms with E-state index in [-0.39, 0.29) is 11.6 Å². The van der Waals surface area contributed by atoms with E-state index < -0.39 is 5.97 Å². The first-order chi connectivity index (χ1) is 9.22. The van der Waals surface area contributed by atoms with Gasteiger partial charge in [0.1, 0.15) is 12.4 Å². The van der Waals surface area contributed by atoms with Gasteiger partial charge in [-0.1, -0.05) is 12.1 Å². The second-order valence-corrected chi connectivity index (χ2v) is 3.66. The molecule has 2 rings (SSSR count). The molecular formula is C13H13NO5. The Kier molecular flexibility index (Phi) is 4.02. The molecule has 0 aliphatic rings. The first kappa shape index (κ1) is 12.9. The molecule has 2 aromatic rings. The summed E-state index contributed by atoms with van der Waals surface area (Å²) in [5.41, 5.74) is 0.948. The van der Waals surface area contributed by atoms with Gasteiger partial charge in [-0.25, -0.2) is 4.79 Å². The fraction of sp³-hybridized carbons (Fsp3) is 0.231. The van der Waals surface area contributed by atoms with Gasteiger partial charge >= 0.3 is 5.97 Å². The second-order valence-electron chi connectivity index (χ2n) is 3.66. The molecule has 0 N–H and O–H groups in total. The van der Waals surface area contributed by atoms with Crippen molar-refractivity contribution in [3.63, 3.8) is 0 Å². The average Bonchev–Trinajstić information content (AvgIpc) is 2.93. The van der Waals surface area contributed by atoms with Crippen LogP contribution in [0.4, 0.5) is 0 Å². The number of hydrogen-bond acceptors (Lipinski definition) is 6. The van der Waals surface area contributed by atoms with E-state index in [4.69, 9.17) is 14.0 Å². The molecule has 6 nitrogen and oxygen atoms in total. The van der Waals surface area contributed by atoms with Crippen LogP contribution in [0.3, 0.4) is 0 Å². The van der Waals surface area contributed by atoms with E-state index in [1.165, 1.54) is 13.2 Å². The molecule has 0 saturated carbocycles. The predicted octanol–water partition coefficient (Wildman–Crippen LogP) is 2.05. The van der Waals surface area contributed by atoms with E-state index in [1.807, 2.05) is 24.3 Å². The molecule has 6 heteroatoms. The van der Waals surface area contributed by atoms with Crippen LogP contribution < -0.4 is 9.47 Å². The van der Waals surface area contributed by atoms with Crippen molar-refractivity contribution in [1.82, 2.24) is 5.16 Å². The van der Waals surface area contributed by atoms with Crippen molar-refractivity contribution < 1.29 is 23.5 Å². The number of rotatable bonds is 5. The van der Waals surface area contributed by atoms with Gasteiger partial charge < -0.3 is 18.7 Å². The normalized spacial score (nSPS) is 10.0. The summed E-state index contributed by atoms with van der Waals surface area (Å²) in [6.45, 7) is 0.317. The Morgan fingerprint density at radius 1 is 1.26 bits per heavy atom. The molecule has 1 aromatic carbocycles. The summed E-state index contributed by atoms with van der Waals surface area (Å²) in [7, 11) is 2.87. The molecule has 100 valence electrons. The van der Waals surface area contributed by atoms with E-state index >= 15 is 0 Å². The number of benzene rings is 1. The van der Waals surface area contributed by atoms with Gasteiger partial charge in [0.15, 0.2) is 0 Å². The highest BCUT2D eigenvalue weighted by atomic mass is 16.6. The van der Waals surface area contributed by atoms with Crippen molar-refractivity contribution in [2.75, 3.05) is 14.2 Å². The standard InChI is InChI=1S/C13H13NO5/c1-16-10-5-3-9(4-6-10)8-18-12-7-11(19-14-12)13(15)17-2/h3-7H,8H2,1-2H3. The number of aromatic nitrogens is 1. The number of carbonyl (C=O) groups is 1. The molecule has 0 aliphatic carbocycles. The minimum Gasteiger partial charge on any atom is -0.497 e. The van der Waals surface area contributed by atoms with E-state index in [1.54, 1.807) is 7.11 Å². The minimum absolute atomic E-state index is 0.00670. The molecule has 0 radical (unpaired) electrons. The highest BCUT2D eigenvalue weighted by molar-refractivity contribution is 5.86. The largest absolute Gasteiger partial charge is 0.497 e. The SMILES string of the molecule is COC(=O)c1cc(OCc2ccc(OC)cc2)no1. The van der Waals surface area contributed by atoms with Crippen LogP contribution in [-0.4, -0.2) is 25.3 Å². The van der Waals surface area contributed by atoms with Crippen LogP contribution in [0.2, 0.25) is 0 Å². The number of methoxy groups -OCH3 is 2. The quantitative estimate of drug-likeness (QED) is 0.769. The van der Waals surface area contributed by atoms with Crippen LogP contribution in [-0.2, 0) is 11.3 Å². The Balaban J connectivity index is 1.94. The third-order valence-corrected chi connectivity index (χ3v) is 2.42. The van der Waals surface area contributed by atoms with Gasteiger partial charge in [-0.2, -0.15) is 0 Å². The van der Waals surface area contributed by atoms with E-state index in [9.17, 15) is 4.79 Å². The summed E-state index contributed by atoms with van der Waals surface area (Å²) in [5, 5.41) is 3.61. The number of esters is 1. The third kappa shape index (κ3) is 3.25. The highest BCUT2D eigenvalue weighted by Crippen LogP contribution is 2.16. The first-order valence-corrected chi connectivity index (χ1v) is 5.53. The maximum atomic E-state index is 11.1. The Morgan fingerprint density at radius 2 is 2.00 bits per heavy atom. The Morgan fingerprint density at radius 3 is 2.63 bits per heavy atom. The lowest BCUT2D eigenvalue weighted by molar-refractivity contribution is 0.0554. The van der Waals surface area contributed by atoms with Gasteiger partial charge in [-0.3, -0.25) is 0 Å². The molecule has 0 fully saturated rings. The lowest BCUT2D eigenvalue weighted by Crippen LogP contribution is -1.98. The Bertz CT molecular complexity index is 546. The Hall–Kier alpha value is -2.50. The molecule has 1 heterocycles. The second kappa shape index (κ2) is 5.90. The van der Waals surface area contributed by atoms with Crippen LogP contribution in [0.5, 0.6) is 11.6 Å². The summed E-state index contributed by atoms with van der Waals surface area (Å²) in [6.07, 6.45) is 0. The zero-order valence-corrected chi connectivity index (χ0v) is 10.6. The fourth-order valence-electron chi connectivity index (χ4n) is 1.40. The van der Waals surface area contributed by atoms with Crippen LogP contribution in [0, 0.1) is 0 Å². The van der Waals surface area contributed by atoms with E-state index in [0.717, 1.165) is 11.3 Å². The first-order valence-electron chi connectivity index (χ1n) is 5.53. The maximum absolute atomic E-state index is 11.1. The number of nitrogens with zero attached hydrogens (tertiary/aromatic N) is 1. The lowest BCUT2D eigenvalue weighted by Gasteiger charge is -2.03. The highest BCUT2D eigenvalue weighted by Gasteiger charge is 2.13. The zero-order chi connectivity index (χ0) is 13.7. The zero-order valence-electron chi connectivity index (χ0n) is 10.6. The maximum Gasteiger partial charge on any atom is 0.377 e. The van der Waals surface area contributed by atoms with Crippen molar-refractivity contribution in [2.45, 2.75) is 6.61 Å². The summed E-state index contributed by atoms with van der Waals surface area (Å²) in [6, 6.07) is 8.80.